The maximum atomic E-state index is 10.9. The zero-order valence-electron chi connectivity index (χ0n) is 15.7. The molecule has 0 saturated heterocycles. The van der Waals surface area contributed by atoms with Gasteiger partial charge in [-0.05, 0) is 12.8 Å². The fourth-order valence-electron chi connectivity index (χ4n) is 3.19. The van der Waals surface area contributed by atoms with E-state index >= 15 is 0 Å². The molecule has 2 unspecified atom stereocenters. The van der Waals surface area contributed by atoms with Gasteiger partial charge in [-0.1, -0.05) is 12.8 Å². The molecule has 1 aliphatic rings. The van der Waals surface area contributed by atoms with E-state index in [1.54, 1.807) is 0 Å². The smallest absolute Gasteiger partial charge is 0.549 e. The number of carboxylic acid groups (broad SMARTS) is 4. The van der Waals surface area contributed by atoms with Crippen molar-refractivity contribution in [3.63, 3.8) is 0 Å². The third-order valence-electron chi connectivity index (χ3n) is 3.96. The van der Waals surface area contributed by atoms with Crippen molar-refractivity contribution in [2.45, 2.75) is 37.8 Å². The second kappa shape index (κ2) is 16.4. The molecule has 136 valence electrons. The molecule has 0 heterocycles. The summed E-state index contributed by atoms with van der Waals surface area (Å²) in [4.78, 5) is 45.7. The van der Waals surface area contributed by atoms with E-state index in [1.165, 1.54) is 0 Å². The van der Waals surface area contributed by atoms with E-state index in [0.29, 0.717) is 25.7 Å². The van der Waals surface area contributed by atoms with Crippen LogP contribution in [-0.4, -0.2) is 95.0 Å². The molecule has 1 fully saturated rings. The van der Waals surface area contributed by atoms with Crippen molar-refractivity contribution in [3.8, 4) is 0 Å². The van der Waals surface area contributed by atoms with Crippen LogP contribution >= 0.6 is 0 Å². The van der Waals surface area contributed by atoms with Crippen LogP contribution in [0.2, 0.25) is 0 Å². The zero-order chi connectivity index (χ0) is 18.3. The van der Waals surface area contributed by atoms with E-state index < -0.39 is 62.1 Å². The van der Waals surface area contributed by atoms with Crippen LogP contribution in [0.4, 0.5) is 0 Å². The fourth-order valence-corrected chi connectivity index (χ4v) is 3.19. The first kappa shape index (κ1) is 32.2. The van der Waals surface area contributed by atoms with E-state index in [9.17, 15) is 39.6 Å². The largest absolute Gasteiger partial charge is 2.00 e. The first-order chi connectivity index (χ1) is 11.2. The summed E-state index contributed by atoms with van der Waals surface area (Å²) in [5.74, 6) is -5.97. The summed E-state index contributed by atoms with van der Waals surface area (Å²) in [6.45, 7) is -2.72. The quantitative estimate of drug-likeness (QED) is 0.314. The number of carbonyl (C=O) groups excluding carboxylic acids is 4. The number of nitrogens with zero attached hydrogens (tertiary/aromatic N) is 2. The van der Waals surface area contributed by atoms with Crippen molar-refractivity contribution < 1.29 is 98.7 Å². The van der Waals surface area contributed by atoms with Gasteiger partial charge in [0.2, 0.25) is 0 Å². The van der Waals surface area contributed by atoms with Gasteiger partial charge in [0.15, 0.2) is 0 Å². The Labute approximate surface area is 217 Å². The number of aliphatic carboxylic acids is 4. The molecular formula is C14H18MgN2Na2O8. The Kier molecular flexibility index (Phi) is 19.5. The van der Waals surface area contributed by atoms with Crippen molar-refractivity contribution in [1.82, 2.24) is 9.80 Å². The molecule has 1 aliphatic carbocycles. The van der Waals surface area contributed by atoms with Crippen LogP contribution in [0.15, 0.2) is 0 Å². The molecule has 1 rings (SSSR count). The average Bonchev–Trinajstić information content (AvgIpc) is 2.44. The normalized spacial score (nSPS) is 18.6. The number of hydrogen-bond donors (Lipinski definition) is 0. The minimum Gasteiger partial charge on any atom is -0.549 e. The summed E-state index contributed by atoms with van der Waals surface area (Å²) < 4.78 is 0. The van der Waals surface area contributed by atoms with Crippen molar-refractivity contribution in [2.24, 2.45) is 0 Å². The monoisotopic (exact) mass is 412 g/mol. The van der Waals surface area contributed by atoms with E-state index in [4.69, 9.17) is 0 Å². The van der Waals surface area contributed by atoms with Crippen LogP contribution in [-0.2, 0) is 19.2 Å². The molecule has 27 heavy (non-hydrogen) atoms. The van der Waals surface area contributed by atoms with Crippen LogP contribution < -0.4 is 79.5 Å². The predicted octanol–water partition coefficient (Wildman–Crippen LogP) is -12.5. The summed E-state index contributed by atoms with van der Waals surface area (Å²) >= 11 is 0. The van der Waals surface area contributed by atoms with Gasteiger partial charge in [-0.3, -0.25) is 9.80 Å². The van der Waals surface area contributed by atoms with E-state index in [1.807, 2.05) is 0 Å². The Bertz CT molecular complexity index is 436. The van der Waals surface area contributed by atoms with Crippen LogP contribution in [0, 0.1) is 0 Å². The van der Waals surface area contributed by atoms with Crippen LogP contribution in [0.3, 0.4) is 0 Å². The molecule has 13 heteroatoms. The molecule has 0 spiro atoms. The van der Waals surface area contributed by atoms with Gasteiger partial charge in [0.25, 0.3) is 0 Å². The summed E-state index contributed by atoms with van der Waals surface area (Å²) in [5.41, 5.74) is 0. The number of carbonyl (C=O) groups is 4. The first-order valence-electron chi connectivity index (χ1n) is 7.48. The molecule has 0 aliphatic heterocycles. The van der Waals surface area contributed by atoms with E-state index in [0.717, 1.165) is 9.80 Å². The third-order valence-corrected chi connectivity index (χ3v) is 3.96. The van der Waals surface area contributed by atoms with Gasteiger partial charge in [-0.25, -0.2) is 0 Å². The molecular weight excluding hydrogens is 394 g/mol. The maximum absolute atomic E-state index is 10.9. The van der Waals surface area contributed by atoms with Crippen LogP contribution in [0.1, 0.15) is 25.7 Å². The molecule has 10 nitrogen and oxygen atoms in total. The number of hydrogen-bond acceptors (Lipinski definition) is 10. The third kappa shape index (κ3) is 12.7. The van der Waals surface area contributed by atoms with Gasteiger partial charge in [-0.2, -0.15) is 0 Å². The van der Waals surface area contributed by atoms with Gasteiger partial charge < -0.3 is 39.6 Å². The second-order valence-electron chi connectivity index (χ2n) is 5.72. The van der Waals surface area contributed by atoms with Gasteiger partial charge >= 0.3 is 82.2 Å². The van der Waals surface area contributed by atoms with Crippen molar-refractivity contribution >= 4 is 46.9 Å². The van der Waals surface area contributed by atoms with Gasteiger partial charge in [0.05, 0.1) is 23.9 Å². The topological polar surface area (TPSA) is 167 Å². The number of carboxylic acids is 4. The molecule has 0 aromatic heterocycles. The number of rotatable bonds is 10. The Morgan fingerprint density at radius 3 is 1.04 bits per heavy atom. The minimum atomic E-state index is -1.49. The summed E-state index contributed by atoms with van der Waals surface area (Å²) in [7, 11) is 0. The standard InChI is InChI=1S/C14H22N2O8.Mg.2Na/c17-11(18)5-15(6-12(19)20)9-3-1-2-4-10(9)16(7-13(21)22)8-14(23)24;;;/h9-10H,1-8H2,(H,17,18)(H,19,20)(H,21,22)(H,23,24);;;/q;+2;2*+1/p-4. The summed E-state index contributed by atoms with van der Waals surface area (Å²) in [6, 6.07) is -1.32. The summed E-state index contributed by atoms with van der Waals surface area (Å²) in [6.07, 6.45) is 2.12. The van der Waals surface area contributed by atoms with Crippen molar-refractivity contribution in [1.29, 1.82) is 0 Å². The Morgan fingerprint density at radius 1 is 0.630 bits per heavy atom. The van der Waals surface area contributed by atoms with Gasteiger partial charge in [0, 0.05) is 38.3 Å². The fraction of sp³-hybridized carbons (Fsp3) is 0.714. The second-order valence-corrected chi connectivity index (χ2v) is 5.72. The maximum Gasteiger partial charge on any atom is 2.00 e. The van der Waals surface area contributed by atoms with Crippen molar-refractivity contribution in [2.75, 3.05) is 26.2 Å². The molecule has 0 bridgehead atoms. The van der Waals surface area contributed by atoms with Crippen LogP contribution in [0.5, 0.6) is 0 Å². The minimum absolute atomic E-state index is 0. The Morgan fingerprint density at radius 2 is 0.852 bits per heavy atom. The molecule has 2 atom stereocenters. The molecule has 0 aromatic carbocycles. The average molecular weight is 413 g/mol. The van der Waals surface area contributed by atoms with Gasteiger partial charge in [0.1, 0.15) is 0 Å². The Balaban J connectivity index is -0.00000192. The molecule has 1 saturated carbocycles. The van der Waals surface area contributed by atoms with Gasteiger partial charge in [-0.15, -0.1) is 0 Å². The molecule has 0 aromatic rings. The van der Waals surface area contributed by atoms with Crippen molar-refractivity contribution in [3.05, 3.63) is 0 Å². The summed E-state index contributed by atoms with van der Waals surface area (Å²) in [5, 5.41) is 43.5. The van der Waals surface area contributed by atoms with E-state index in [-0.39, 0.29) is 82.2 Å². The molecule has 0 radical (unpaired) electrons. The molecule has 0 amide bonds. The van der Waals surface area contributed by atoms with E-state index in [2.05, 4.69) is 0 Å². The first-order valence-corrected chi connectivity index (χ1v) is 7.48. The van der Waals surface area contributed by atoms with Crippen LogP contribution in [0.25, 0.3) is 0 Å². The Hall–Kier alpha value is 0.566. The SMILES string of the molecule is O=C([O-])CN(CC(=O)[O-])C1CCCCC1N(CC(=O)[O-])CC(=O)[O-].[Mg+2].[Na+].[Na+]. The predicted molar refractivity (Wildman–Crippen MR) is 75.0 cm³/mol. The zero-order valence-corrected chi connectivity index (χ0v) is 21.1. The molecule has 0 N–H and O–H groups in total.